The molecule has 1 saturated carbocycles. The third-order valence-corrected chi connectivity index (χ3v) is 8.10. The summed E-state index contributed by atoms with van der Waals surface area (Å²) >= 11 is 0. The van der Waals surface area contributed by atoms with E-state index in [1.165, 1.54) is 7.11 Å². The average molecular weight is 538 g/mol. The number of ether oxygens (including phenoxy) is 1. The SMILES string of the molecule is COC(=O)[C@H]1CC[C@@H](N(F)C(=O)[N+]2(C(=O)Cc3ccc4nc(Nc5ccccc5C)oc4c3)CCCC2)CC1. The molecule has 1 aliphatic carbocycles. The van der Waals surface area contributed by atoms with Gasteiger partial charge in [0.25, 0.3) is 6.01 Å². The fourth-order valence-electron chi connectivity index (χ4n) is 5.75. The number of halogens is 1. The highest BCUT2D eigenvalue weighted by Gasteiger charge is 2.51. The number of para-hydroxylation sites is 1. The summed E-state index contributed by atoms with van der Waals surface area (Å²) in [5, 5.41) is 3.44. The van der Waals surface area contributed by atoms with Crippen molar-refractivity contribution in [3.05, 3.63) is 53.6 Å². The number of carbonyl (C=O) groups excluding carboxylic acids is 3. The summed E-state index contributed by atoms with van der Waals surface area (Å²) in [7, 11) is 1.34. The van der Waals surface area contributed by atoms with Gasteiger partial charge in [0.1, 0.15) is 5.52 Å². The quantitative estimate of drug-likeness (QED) is 0.248. The van der Waals surface area contributed by atoms with Gasteiger partial charge in [-0.25, -0.2) is 9.59 Å². The number of benzene rings is 2. The zero-order chi connectivity index (χ0) is 27.6. The van der Waals surface area contributed by atoms with Gasteiger partial charge in [0.15, 0.2) is 5.58 Å². The van der Waals surface area contributed by atoms with E-state index in [0.717, 1.165) is 11.3 Å². The number of methoxy groups -OCH3 is 1. The number of rotatable bonds is 6. The minimum atomic E-state index is -0.801. The van der Waals surface area contributed by atoms with Crippen molar-refractivity contribution in [1.29, 1.82) is 0 Å². The number of nitrogens with one attached hydrogen (secondary N) is 1. The number of oxazole rings is 1. The number of nitrogens with zero attached hydrogens (tertiary/aromatic N) is 3. The molecule has 39 heavy (non-hydrogen) atoms. The number of aromatic nitrogens is 1. The highest BCUT2D eigenvalue weighted by molar-refractivity contribution is 5.86. The summed E-state index contributed by atoms with van der Waals surface area (Å²) in [5.41, 5.74) is 3.76. The van der Waals surface area contributed by atoms with Crippen LogP contribution in [-0.2, 0) is 20.7 Å². The molecule has 0 radical (unpaired) electrons. The molecule has 206 valence electrons. The van der Waals surface area contributed by atoms with E-state index in [2.05, 4.69) is 10.3 Å². The zero-order valence-electron chi connectivity index (χ0n) is 22.3. The van der Waals surface area contributed by atoms with E-state index < -0.39 is 16.6 Å². The molecular weight excluding hydrogens is 503 g/mol. The van der Waals surface area contributed by atoms with Crippen molar-refractivity contribution in [1.82, 2.24) is 10.1 Å². The monoisotopic (exact) mass is 537 g/mol. The largest absolute Gasteiger partial charge is 0.469 e. The average Bonchev–Trinajstić information content (AvgIpc) is 3.61. The molecule has 1 saturated heterocycles. The van der Waals surface area contributed by atoms with Gasteiger partial charge in [-0.05, 0) is 61.9 Å². The second-order valence-electron chi connectivity index (χ2n) is 10.6. The summed E-state index contributed by atoms with van der Waals surface area (Å²) < 4.78 is 25.6. The molecule has 3 aromatic rings. The number of anilines is 2. The van der Waals surface area contributed by atoms with Crippen LogP contribution in [0.3, 0.4) is 0 Å². The van der Waals surface area contributed by atoms with E-state index in [9.17, 15) is 14.4 Å². The second kappa shape index (κ2) is 11.1. The Morgan fingerprint density at radius 3 is 2.51 bits per heavy atom. The molecular formula is C29H34FN4O5+. The first-order valence-electron chi connectivity index (χ1n) is 13.5. The molecule has 1 aromatic heterocycles. The van der Waals surface area contributed by atoms with E-state index in [1.807, 2.05) is 31.2 Å². The number of hydrogen-bond acceptors (Lipinski definition) is 7. The maximum Gasteiger partial charge on any atom is 0.454 e. The van der Waals surface area contributed by atoms with Crippen LogP contribution < -0.4 is 5.32 Å². The summed E-state index contributed by atoms with van der Waals surface area (Å²) in [4.78, 5) is 43.4. The van der Waals surface area contributed by atoms with E-state index in [0.29, 0.717) is 61.2 Å². The van der Waals surface area contributed by atoms with Crippen LogP contribution in [0.25, 0.3) is 11.1 Å². The maximum absolute atomic E-state index is 15.5. The number of aryl methyl sites for hydroxylation is 1. The molecule has 0 spiro atoms. The van der Waals surface area contributed by atoms with Crippen molar-refractivity contribution in [3.63, 3.8) is 0 Å². The molecule has 10 heteroatoms. The van der Waals surface area contributed by atoms with Crippen molar-refractivity contribution < 1.29 is 32.5 Å². The van der Waals surface area contributed by atoms with Gasteiger partial charge in [-0.3, -0.25) is 4.79 Å². The molecule has 2 fully saturated rings. The topological polar surface area (TPSA) is 102 Å². The van der Waals surface area contributed by atoms with Gasteiger partial charge in [-0.1, -0.05) is 28.7 Å². The maximum atomic E-state index is 15.5. The highest BCUT2D eigenvalue weighted by atomic mass is 19.2. The van der Waals surface area contributed by atoms with Crippen LogP contribution in [-0.4, -0.2) is 58.7 Å². The zero-order valence-corrected chi connectivity index (χ0v) is 22.3. The minimum Gasteiger partial charge on any atom is -0.469 e. The van der Waals surface area contributed by atoms with Crippen molar-refractivity contribution in [2.24, 2.45) is 5.92 Å². The fraction of sp³-hybridized carbons (Fsp3) is 0.448. The highest BCUT2D eigenvalue weighted by Crippen LogP contribution is 2.33. The van der Waals surface area contributed by atoms with Crippen LogP contribution in [0, 0.1) is 12.8 Å². The van der Waals surface area contributed by atoms with E-state index in [-0.39, 0.29) is 42.4 Å². The first kappa shape index (κ1) is 26.8. The molecule has 9 nitrogen and oxygen atoms in total. The van der Waals surface area contributed by atoms with Gasteiger partial charge in [0.2, 0.25) is 0 Å². The Morgan fingerprint density at radius 1 is 1.10 bits per heavy atom. The van der Waals surface area contributed by atoms with E-state index >= 15 is 4.48 Å². The van der Waals surface area contributed by atoms with Crippen LogP contribution in [0.2, 0.25) is 0 Å². The van der Waals surface area contributed by atoms with E-state index in [4.69, 9.17) is 9.15 Å². The van der Waals surface area contributed by atoms with Crippen molar-refractivity contribution in [3.8, 4) is 0 Å². The number of hydrogen-bond donors (Lipinski definition) is 1. The lowest BCUT2D eigenvalue weighted by Crippen LogP contribution is -2.60. The predicted molar refractivity (Wildman–Crippen MR) is 143 cm³/mol. The number of imide groups is 1. The van der Waals surface area contributed by atoms with Gasteiger partial charge in [0, 0.05) is 18.5 Å². The Balaban J connectivity index is 1.28. The molecule has 3 amide bonds. The lowest BCUT2D eigenvalue weighted by atomic mass is 9.86. The van der Waals surface area contributed by atoms with Crippen LogP contribution >= 0.6 is 0 Å². The second-order valence-corrected chi connectivity index (χ2v) is 10.6. The Labute approximate surface area is 226 Å². The van der Waals surface area contributed by atoms with E-state index in [1.54, 1.807) is 18.2 Å². The molecule has 0 unspecified atom stereocenters. The fourth-order valence-corrected chi connectivity index (χ4v) is 5.75. The van der Waals surface area contributed by atoms with Crippen molar-refractivity contribution in [2.75, 3.05) is 25.5 Å². The molecule has 0 atom stereocenters. The lowest BCUT2D eigenvalue weighted by Gasteiger charge is -2.35. The first-order chi connectivity index (χ1) is 18.8. The molecule has 1 aliphatic heterocycles. The molecule has 2 aromatic carbocycles. The number of amides is 3. The van der Waals surface area contributed by atoms with Gasteiger partial charge in [-0.15, -0.1) is 5.12 Å². The minimum absolute atomic E-state index is 0.0220. The normalized spacial score (nSPS) is 20.5. The molecule has 1 N–H and O–H groups in total. The number of carbonyl (C=O) groups is 3. The molecule has 2 heterocycles. The third kappa shape index (κ3) is 5.38. The number of urea groups is 1. The van der Waals surface area contributed by atoms with Crippen molar-refractivity contribution >= 4 is 40.7 Å². The first-order valence-corrected chi connectivity index (χ1v) is 13.5. The van der Waals surface area contributed by atoms with Crippen LogP contribution in [0.1, 0.15) is 49.7 Å². The summed E-state index contributed by atoms with van der Waals surface area (Å²) in [6.45, 7) is 2.55. The lowest BCUT2D eigenvalue weighted by molar-refractivity contribution is -0.766. The summed E-state index contributed by atoms with van der Waals surface area (Å²) in [6, 6.07) is 12.0. The van der Waals surface area contributed by atoms with Gasteiger partial charge in [-0.2, -0.15) is 9.47 Å². The number of quaternary nitrogens is 1. The predicted octanol–water partition coefficient (Wildman–Crippen LogP) is 5.60. The molecule has 2 aliphatic rings. The Bertz CT molecular complexity index is 1380. The van der Waals surface area contributed by atoms with Crippen molar-refractivity contribution in [2.45, 2.75) is 57.9 Å². The van der Waals surface area contributed by atoms with Gasteiger partial charge < -0.3 is 14.5 Å². The summed E-state index contributed by atoms with van der Waals surface area (Å²) in [6.07, 6.45) is 2.96. The van der Waals surface area contributed by atoms with Crippen LogP contribution in [0.4, 0.5) is 21.0 Å². The standard InChI is InChI=1S/C29H34FN4O5/c1-19-7-3-4-8-23(19)31-28-32-24-14-9-20(17-25(24)39-28)18-26(35)34(15-5-6-16-34)29(37)33(30)22-12-10-21(11-13-22)27(36)38-2/h3-4,7-9,14,17,21-22H,5-6,10-13,15-16,18H2,1-2H3,(H,31,32)/q+1/t21-,22+. The number of esters is 1. The van der Waals surface area contributed by atoms with Crippen LogP contribution in [0.15, 0.2) is 46.9 Å². The Morgan fingerprint density at radius 2 is 1.82 bits per heavy atom. The summed E-state index contributed by atoms with van der Waals surface area (Å²) in [5.74, 6) is -0.907. The molecule has 5 rings (SSSR count). The smallest absolute Gasteiger partial charge is 0.454 e. The van der Waals surface area contributed by atoms with Crippen LogP contribution in [0.5, 0.6) is 0 Å². The van der Waals surface area contributed by atoms with Gasteiger partial charge in [0.05, 0.1) is 38.6 Å². The Kier molecular flexibility index (Phi) is 7.65. The number of likely N-dealkylation sites (tertiary alicyclic amines) is 1. The molecule has 0 bridgehead atoms. The number of fused-ring (bicyclic) bond motifs is 1. The third-order valence-electron chi connectivity index (χ3n) is 8.10. The Hall–Kier alpha value is -3.79. The van der Waals surface area contributed by atoms with Gasteiger partial charge >= 0.3 is 17.9 Å².